The van der Waals surface area contributed by atoms with Gasteiger partial charge in [0, 0.05) is 26.1 Å². The van der Waals surface area contributed by atoms with Crippen molar-refractivity contribution < 1.29 is 19.4 Å². The highest BCUT2D eigenvalue weighted by molar-refractivity contribution is 5.75. The summed E-state index contributed by atoms with van der Waals surface area (Å²) in [6.07, 6.45) is 15.3. The minimum absolute atomic E-state index is 0.100. The van der Waals surface area contributed by atoms with Crippen molar-refractivity contribution in [2.45, 2.75) is 116 Å². The molecule has 2 amide bonds. The first-order valence-corrected chi connectivity index (χ1v) is 11.7. The Morgan fingerprint density at radius 3 is 1.62 bits per heavy atom. The summed E-state index contributed by atoms with van der Waals surface area (Å²) < 4.78 is 5.15. The van der Waals surface area contributed by atoms with Gasteiger partial charge in [-0.3, -0.25) is 4.79 Å². The van der Waals surface area contributed by atoms with E-state index in [2.05, 4.69) is 10.6 Å². The Morgan fingerprint density at radius 1 is 0.690 bits per heavy atom. The number of alkyl carbamates (subject to hydrolysis) is 1. The SMILES string of the molecule is CC(C)(C)OC(=O)NCCCNC(=O)CCCCCCCCCCCCCCO. The Balaban J connectivity index is 3.29. The average molecular weight is 415 g/mol. The van der Waals surface area contributed by atoms with Crippen molar-refractivity contribution in [3.05, 3.63) is 0 Å². The van der Waals surface area contributed by atoms with Crippen molar-refractivity contribution in [3.63, 3.8) is 0 Å². The van der Waals surface area contributed by atoms with Gasteiger partial charge in [-0.1, -0.05) is 64.2 Å². The Hall–Kier alpha value is -1.30. The second-order valence-electron chi connectivity index (χ2n) is 8.85. The molecule has 0 radical (unpaired) electrons. The van der Waals surface area contributed by atoms with Crippen molar-refractivity contribution in [1.82, 2.24) is 10.6 Å². The van der Waals surface area contributed by atoms with Gasteiger partial charge in [-0.05, 0) is 40.0 Å². The third kappa shape index (κ3) is 22.8. The predicted molar refractivity (Wildman–Crippen MR) is 119 cm³/mol. The standard InChI is InChI=1S/C23H46N2O4/c1-23(2,3)29-22(28)25-19-16-18-24-21(27)17-14-12-10-8-6-4-5-7-9-11-13-15-20-26/h26H,4-20H2,1-3H3,(H,24,27)(H,25,28). The van der Waals surface area contributed by atoms with Crippen molar-refractivity contribution >= 4 is 12.0 Å². The molecule has 0 aliphatic heterocycles. The Morgan fingerprint density at radius 2 is 1.14 bits per heavy atom. The predicted octanol–water partition coefficient (Wildman–Crippen LogP) is 5.08. The summed E-state index contributed by atoms with van der Waals surface area (Å²) in [5, 5.41) is 14.3. The average Bonchev–Trinajstić information content (AvgIpc) is 2.63. The molecule has 0 fully saturated rings. The van der Waals surface area contributed by atoms with Crippen LogP contribution in [0.2, 0.25) is 0 Å². The number of hydrogen-bond acceptors (Lipinski definition) is 4. The number of hydrogen-bond donors (Lipinski definition) is 3. The first-order valence-electron chi connectivity index (χ1n) is 11.7. The summed E-state index contributed by atoms with van der Waals surface area (Å²) in [5.74, 6) is 0.100. The second-order valence-corrected chi connectivity index (χ2v) is 8.85. The molecule has 0 heterocycles. The molecule has 0 aliphatic carbocycles. The minimum atomic E-state index is -0.487. The molecule has 0 aromatic rings. The molecule has 6 heteroatoms. The van der Waals surface area contributed by atoms with Crippen molar-refractivity contribution in [2.24, 2.45) is 0 Å². The van der Waals surface area contributed by atoms with Crippen LogP contribution >= 0.6 is 0 Å². The lowest BCUT2D eigenvalue weighted by atomic mass is 10.0. The van der Waals surface area contributed by atoms with Crippen molar-refractivity contribution in [3.8, 4) is 0 Å². The molecule has 0 rings (SSSR count). The van der Waals surface area contributed by atoms with Gasteiger partial charge < -0.3 is 20.5 Å². The first-order chi connectivity index (χ1) is 13.8. The Kier molecular flexibility index (Phi) is 17.9. The van der Waals surface area contributed by atoms with Crippen LogP contribution < -0.4 is 10.6 Å². The smallest absolute Gasteiger partial charge is 0.407 e. The lowest BCUT2D eigenvalue weighted by Gasteiger charge is -2.19. The molecule has 0 bridgehead atoms. The summed E-state index contributed by atoms with van der Waals surface area (Å²) >= 11 is 0. The monoisotopic (exact) mass is 414 g/mol. The Labute approximate surface area is 178 Å². The Bertz CT molecular complexity index is 408. The van der Waals surface area contributed by atoms with Crippen LogP contribution in [-0.2, 0) is 9.53 Å². The summed E-state index contributed by atoms with van der Waals surface area (Å²) in [4.78, 5) is 23.3. The van der Waals surface area contributed by atoms with E-state index in [-0.39, 0.29) is 5.91 Å². The molecule has 0 saturated carbocycles. The van der Waals surface area contributed by atoms with E-state index in [0.29, 0.717) is 32.5 Å². The maximum absolute atomic E-state index is 11.8. The van der Waals surface area contributed by atoms with Crippen LogP contribution in [0.15, 0.2) is 0 Å². The van der Waals surface area contributed by atoms with Crippen LogP contribution in [0.3, 0.4) is 0 Å². The van der Waals surface area contributed by atoms with Gasteiger partial charge in [-0.15, -0.1) is 0 Å². The number of aliphatic hydroxyl groups excluding tert-OH is 1. The number of nitrogens with one attached hydrogen (secondary N) is 2. The number of carbonyl (C=O) groups is 2. The van der Waals surface area contributed by atoms with Gasteiger partial charge in [0.2, 0.25) is 5.91 Å². The molecule has 6 nitrogen and oxygen atoms in total. The third-order valence-electron chi connectivity index (χ3n) is 4.66. The minimum Gasteiger partial charge on any atom is -0.444 e. The van der Waals surface area contributed by atoms with Crippen LogP contribution in [-0.4, -0.2) is 42.4 Å². The van der Waals surface area contributed by atoms with E-state index in [1.807, 2.05) is 20.8 Å². The van der Waals surface area contributed by atoms with Gasteiger partial charge >= 0.3 is 6.09 Å². The van der Waals surface area contributed by atoms with Crippen LogP contribution in [0.4, 0.5) is 4.79 Å². The first kappa shape index (κ1) is 27.7. The fraction of sp³-hybridized carbons (Fsp3) is 0.913. The van der Waals surface area contributed by atoms with E-state index in [4.69, 9.17) is 9.84 Å². The van der Waals surface area contributed by atoms with Gasteiger partial charge in [-0.25, -0.2) is 4.79 Å². The van der Waals surface area contributed by atoms with Crippen LogP contribution in [0.25, 0.3) is 0 Å². The van der Waals surface area contributed by atoms with Gasteiger partial charge in [0.05, 0.1) is 0 Å². The molecule has 172 valence electrons. The number of carbonyl (C=O) groups excluding carboxylic acids is 2. The molecule has 0 aliphatic rings. The summed E-state index contributed by atoms with van der Waals surface area (Å²) in [6, 6.07) is 0. The molecule has 0 atom stereocenters. The number of amides is 2. The van der Waals surface area contributed by atoms with E-state index in [9.17, 15) is 9.59 Å². The van der Waals surface area contributed by atoms with E-state index in [1.165, 1.54) is 51.4 Å². The lowest BCUT2D eigenvalue weighted by Crippen LogP contribution is -2.34. The molecule has 0 aromatic heterocycles. The fourth-order valence-corrected chi connectivity index (χ4v) is 3.07. The number of ether oxygens (including phenoxy) is 1. The van der Waals surface area contributed by atoms with Gasteiger partial charge in [-0.2, -0.15) is 0 Å². The third-order valence-corrected chi connectivity index (χ3v) is 4.66. The quantitative estimate of drug-likeness (QED) is 0.273. The number of rotatable bonds is 18. The highest BCUT2D eigenvalue weighted by Crippen LogP contribution is 2.12. The maximum atomic E-state index is 11.8. The highest BCUT2D eigenvalue weighted by Gasteiger charge is 2.15. The summed E-state index contributed by atoms with van der Waals surface area (Å²) in [5.41, 5.74) is -0.487. The van der Waals surface area contributed by atoms with Crippen LogP contribution in [0.5, 0.6) is 0 Å². The van der Waals surface area contributed by atoms with Gasteiger partial charge in [0.25, 0.3) is 0 Å². The van der Waals surface area contributed by atoms with Crippen molar-refractivity contribution in [2.75, 3.05) is 19.7 Å². The van der Waals surface area contributed by atoms with Crippen LogP contribution in [0, 0.1) is 0 Å². The van der Waals surface area contributed by atoms with E-state index in [0.717, 1.165) is 25.7 Å². The summed E-state index contributed by atoms with van der Waals surface area (Å²) in [6.45, 7) is 6.89. The molecule has 29 heavy (non-hydrogen) atoms. The zero-order valence-electron chi connectivity index (χ0n) is 19.2. The van der Waals surface area contributed by atoms with E-state index >= 15 is 0 Å². The van der Waals surface area contributed by atoms with E-state index in [1.54, 1.807) is 0 Å². The maximum Gasteiger partial charge on any atom is 0.407 e. The van der Waals surface area contributed by atoms with Crippen molar-refractivity contribution in [1.29, 1.82) is 0 Å². The molecule has 3 N–H and O–H groups in total. The fourth-order valence-electron chi connectivity index (χ4n) is 3.07. The lowest BCUT2D eigenvalue weighted by molar-refractivity contribution is -0.121. The zero-order chi connectivity index (χ0) is 21.8. The van der Waals surface area contributed by atoms with Gasteiger partial charge in [0.1, 0.15) is 5.60 Å². The molecule has 0 saturated heterocycles. The molecule has 0 spiro atoms. The highest BCUT2D eigenvalue weighted by atomic mass is 16.6. The van der Waals surface area contributed by atoms with Crippen LogP contribution in [0.1, 0.15) is 111 Å². The number of unbranched alkanes of at least 4 members (excludes halogenated alkanes) is 11. The normalized spacial score (nSPS) is 11.3. The second kappa shape index (κ2) is 18.7. The molecule has 0 unspecified atom stereocenters. The zero-order valence-corrected chi connectivity index (χ0v) is 19.2. The largest absolute Gasteiger partial charge is 0.444 e. The number of aliphatic hydroxyl groups is 1. The molecular weight excluding hydrogens is 368 g/mol. The summed E-state index contributed by atoms with van der Waals surface area (Å²) in [7, 11) is 0. The molecule has 0 aromatic carbocycles. The topological polar surface area (TPSA) is 87.7 Å². The van der Waals surface area contributed by atoms with E-state index < -0.39 is 11.7 Å². The van der Waals surface area contributed by atoms with Gasteiger partial charge in [0.15, 0.2) is 0 Å². The molecular formula is C23H46N2O4.